The van der Waals surface area contributed by atoms with Crippen molar-refractivity contribution in [2.24, 2.45) is 0 Å². The fourth-order valence-corrected chi connectivity index (χ4v) is 3.52. The molecule has 9 nitrogen and oxygen atoms in total. The van der Waals surface area contributed by atoms with Crippen molar-refractivity contribution in [3.05, 3.63) is 41.4 Å². The van der Waals surface area contributed by atoms with Crippen molar-refractivity contribution in [2.45, 2.75) is 5.03 Å². The molecule has 1 amide bonds. The van der Waals surface area contributed by atoms with Crippen LogP contribution < -0.4 is 29.3 Å². The number of amides is 1. The minimum atomic E-state index is -0.645. The first-order chi connectivity index (χ1) is 14.5. The number of methoxy groups -OCH3 is 3. The first-order valence-corrected chi connectivity index (χ1v) is 9.90. The number of halogens is 1. The van der Waals surface area contributed by atoms with Crippen LogP contribution in [0.25, 0.3) is 5.69 Å². The van der Waals surface area contributed by atoms with Gasteiger partial charge in [-0.15, -0.1) is 0 Å². The standard InChI is InChI=1S/C19H18ClN3O6S/c1-26-12-6-4-11(5-7-12)23-18(19(25)29-22-23)30-10-17(24)21-14-8-13(20)15(27-2)9-16(14)28-3/h4-9H,10H2,1-3H3,(H-,21,22,24,25). The van der Waals surface area contributed by atoms with Crippen molar-refractivity contribution in [3.63, 3.8) is 0 Å². The molecule has 1 heterocycles. The Hall–Kier alpha value is -3.11. The number of carbonyl (C=O) groups is 1. The lowest BCUT2D eigenvalue weighted by atomic mass is 10.2. The van der Waals surface area contributed by atoms with Gasteiger partial charge in [-0.3, -0.25) is 4.79 Å². The third-order valence-corrected chi connectivity index (χ3v) is 5.29. The van der Waals surface area contributed by atoms with Gasteiger partial charge < -0.3 is 29.2 Å². The lowest BCUT2D eigenvalue weighted by molar-refractivity contribution is -0.705. The van der Waals surface area contributed by atoms with Crippen LogP contribution in [0.5, 0.6) is 23.2 Å². The number of hydrogen-bond donors (Lipinski definition) is 1. The molecular weight excluding hydrogens is 434 g/mol. The zero-order chi connectivity index (χ0) is 21.7. The summed E-state index contributed by atoms with van der Waals surface area (Å²) in [6.45, 7) is 0. The van der Waals surface area contributed by atoms with Crippen LogP contribution in [0.2, 0.25) is 5.02 Å². The van der Waals surface area contributed by atoms with Crippen molar-refractivity contribution in [2.75, 3.05) is 32.4 Å². The lowest BCUT2D eigenvalue weighted by Gasteiger charge is -2.12. The van der Waals surface area contributed by atoms with E-state index in [1.54, 1.807) is 37.4 Å². The Bertz CT molecular complexity index is 1040. The number of anilines is 1. The van der Waals surface area contributed by atoms with Gasteiger partial charge in [0.15, 0.2) is 5.95 Å². The van der Waals surface area contributed by atoms with E-state index < -0.39 is 5.95 Å². The van der Waals surface area contributed by atoms with E-state index in [1.807, 2.05) is 0 Å². The van der Waals surface area contributed by atoms with Gasteiger partial charge in [0.2, 0.25) is 11.6 Å². The zero-order valence-electron chi connectivity index (χ0n) is 16.3. The summed E-state index contributed by atoms with van der Waals surface area (Å²) in [5.74, 6) is 0.375. The van der Waals surface area contributed by atoms with Gasteiger partial charge in [0.25, 0.3) is 5.03 Å². The minimum absolute atomic E-state index is 0.0700. The largest absolute Gasteiger partial charge is 0.538 e. The Morgan fingerprint density at radius 2 is 1.87 bits per heavy atom. The molecular formula is C19H18ClN3O6S. The van der Waals surface area contributed by atoms with E-state index in [4.69, 9.17) is 30.3 Å². The predicted octanol–water partition coefficient (Wildman–Crippen LogP) is 2.43. The van der Waals surface area contributed by atoms with Crippen molar-refractivity contribution >= 4 is 35.0 Å². The lowest BCUT2D eigenvalue weighted by Crippen LogP contribution is -2.35. The van der Waals surface area contributed by atoms with Crippen molar-refractivity contribution in [1.29, 1.82) is 0 Å². The quantitative estimate of drug-likeness (QED) is 0.410. The molecule has 1 N–H and O–H groups in total. The van der Waals surface area contributed by atoms with E-state index in [-0.39, 0.29) is 16.7 Å². The second-order valence-corrected chi connectivity index (χ2v) is 7.17. The summed E-state index contributed by atoms with van der Waals surface area (Å²) >= 11 is 7.11. The number of rotatable bonds is 8. The molecule has 0 aliphatic carbocycles. The maximum atomic E-state index is 12.4. The first-order valence-electron chi connectivity index (χ1n) is 8.54. The minimum Gasteiger partial charge on any atom is -0.538 e. The van der Waals surface area contributed by atoms with Crippen LogP contribution in [0.4, 0.5) is 5.69 Å². The number of hydrogen-bond acceptors (Lipinski definition) is 8. The highest BCUT2D eigenvalue weighted by Gasteiger charge is 2.23. The van der Waals surface area contributed by atoms with E-state index >= 15 is 0 Å². The molecule has 0 saturated carbocycles. The molecule has 0 aliphatic rings. The van der Waals surface area contributed by atoms with Gasteiger partial charge in [-0.2, -0.15) is 0 Å². The summed E-state index contributed by atoms with van der Waals surface area (Å²) in [7, 11) is 4.50. The van der Waals surface area contributed by atoms with Gasteiger partial charge in [-0.25, -0.2) is 0 Å². The Balaban J connectivity index is 1.73. The Morgan fingerprint density at radius 1 is 1.17 bits per heavy atom. The molecule has 30 heavy (non-hydrogen) atoms. The summed E-state index contributed by atoms with van der Waals surface area (Å²) in [6.07, 6.45) is 0. The topological polar surface area (TPSA) is 110 Å². The highest BCUT2D eigenvalue weighted by atomic mass is 35.5. The van der Waals surface area contributed by atoms with E-state index in [0.717, 1.165) is 11.8 Å². The number of nitrogens with zero attached hydrogens (tertiary/aromatic N) is 2. The van der Waals surface area contributed by atoms with Gasteiger partial charge in [-0.1, -0.05) is 11.6 Å². The van der Waals surface area contributed by atoms with Gasteiger partial charge in [-0.05, 0) is 34.6 Å². The molecule has 0 spiro atoms. The summed E-state index contributed by atoms with van der Waals surface area (Å²) in [4.78, 5) is 12.4. The Morgan fingerprint density at radius 3 is 2.50 bits per heavy atom. The number of thioether (sulfide) groups is 1. The smallest absolute Gasteiger partial charge is 0.298 e. The first kappa shape index (κ1) is 21.6. The molecule has 158 valence electrons. The fourth-order valence-electron chi connectivity index (χ4n) is 2.53. The highest BCUT2D eigenvalue weighted by Crippen LogP contribution is 2.36. The predicted molar refractivity (Wildman–Crippen MR) is 108 cm³/mol. The van der Waals surface area contributed by atoms with E-state index in [9.17, 15) is 9.90 Å². The van der Waals surface area contributed by atoms with E-state index in [0.29, 0.717) is 33.6 Å². The SMILES string of the molecule is COc1ccc(-[n+]2noc([O-])c2SCC(=O)Nc2cc(Cl)c(OC)cc2OC)cc1. The third-order valence-electron chi connectivity index (χ3n) is 3.98. The molecule has 0 unspecified atom stereocenters. The molecule has 0 saturated heterocycles. The second kappa shape index (κ2) is 9.59. The molecule has 3 aromatic rings. The van der Waals surface area contributed by atoms with E-state index in [2.05, 4.69) is 10.6 Å². The average molecular weight is 452 g/mol. The van der Waals surface area contributed by atoms with Crippen LogP contribution >= 0.6 is 23.4 Å². The second-order valence-electron chi connectivity index (χ2n) is 5.80. The van der Waals surface area contributed by atoms with Crippen LogP contribution in [-0.2, 0) is 4.79 Å². The molecule has 0 aliphatic heterocycles. The van der Waals surface area contributed by atoms with Crippen LogP contribution in [-0.4, -0.2) is 38.3 Å². The molecule has 0 fully saturated rings. The van der Waals surface area contributed by atoms with Crippen molar-refractivity contribution in [1.82, 2.24) is 5.27 Å². The van der Waals surface area contributed by atoms with Crippen LogP contribution in [0, 0.1) is 0 Å². The summed E-state index contributed by atoms with van der Waals surface area (Å²) in [5, 5.41) is 19.0. The molecule has 11 heteroatoms. The van der Waals surface area contributed by atoms with Crippen molar-refractivity contribution < 1.29 is 33.3 Å². The molecule has 3 rings (SSSR count). The maximum absolute atomic E-state index is 12.4. The summed E-state index contributed by atoms with van der Waals surface area (Å²) in [5.41, 5.74) is 0.970. The van der Waals surface area contributed by atoms with Crippen LogP contribution in [0.3, 0.4) is 0 Å². The normalized spacial score (nSPS) is 10.5. The van der Waals surface area contributed by atoms with Crippen LogP contribution in [0.1, 0.15) is 0 Å². The average Bonchev–Trinajstić information content (AvgIpc) is 3.13. The highest BCUT2D eigenvalue weighted by molar-refractivity contribution is 7.99. The molecule has 0 atom stereocenters. The van der Waals surface area contributed by atoms with Gasteiger partial charge in [0, 0.05) is 18.2 Å². The van der Waals surface area contributed by atoms with E-state index in [1.165, 1.54) is 25.0 Å². The number of ether oxygens (including phenoxy) is 3. The number of aromatic nitrogens is 2. The van der Waals surface area contributed by atoms with Crippen LogP contribution in [0.15, 0.2) is 45.9 Å². The summed E-state index contributed by atoms with van der Waals surface area (Å²) in [6, 6.07) is 9.98. The molecule has 0 radical (unpaired) electrons. The summed E-state index contributed by atoms with van der Waals surface area (Å²) < 4.78 is 21.6. The maximum Gasteiger partial charge on any atom is 0.298 e. The van der Waals surface area contributed by atoms with Gasteiger partial charge >= 0.3 is 0 Å². The Kier molecular flexibility index (Phi) is 6.91. The molecule has 1 aromatic heterocycles. The monoisotopic (exact) mass is 451 g/mol. The third kappa shape index (κ3) is 4.71. The Labute approximate surface area is 181 Å². The zero-order valence-corrected chi connectivity index (χ0v) is 17.9. The fraction of sp³-hybridized carbons (Fsp3) is 0.211. The number of carbonyl (C=O) groups excluding carboxylic acids is 1. The van der Waals surface area contributed by atoms with Gasteiger partial charge in [0.1, 0.15) is 17.2 Å². The number of nitrogens with one attached hydrogen (secondary N) is 1. The number of benzene rings is 2. The molecule has 0 bridgehead atoms. The van der Waals surface area contributed by atoms with Gasteiger partial charge in [0.05, 0.1) is 43.1 Å². The molecule has 2 aromatic carbocycles. The van der Waals surface area contributed by atoms with Crippen molar-refractivity contribution in [3.8, 4) is 28.9 Å².